The summed E-state index contributed by atoms with van der Waals surface area (Å²) in [7, 11) is 3.28. The molecule has 158 valence electrons. The SMILES string of the molecule is COc1cc2c(cc1Nc1nc(C3CC3)c3c(C#N)c[nH]c3n1)OC(C)(C)C(=O)N2C. The van der Waals surface area contributed by atoms with Gasteiger partial charge in [-0.3, -0.25) is 4.79 Å². The second-order valence-electron chi connectivity index (χ2n) is 8.37. The lowest BCUT2D eigenvalue weighted by Gasteiger charge is -2.37. The lowest BCUT2D eigenvalue weighted by Crippen LogP contribution is -2.50. The van der Waals surface area contributed by atoms with E-state index in [0.29, 0.717) is 46.0 Å². The van der Waals surface area contributed by atoms with Gasteiger partial charge < -0.3 is 24.7 Å². The largest absolute Gasteiger partial charge is 0.494 e. The van der Waals surface area contributed by atoms with Gasteiger partial charge in [0, 0.05) is 31.3 Å². The zero-order chi connectivity index (χ0) is 21.9. The molecule has 2 aliphatic rings. The first kappa shape index (κ1) is 19.2. The van der Waals surface area contributed by atoms with Crippen molar-refractivity contribution < 1.29 is 14.3 Å². The first-order valence-corrected chi connectivity index (χ1v) is 10.1. The highest BCUT2D eigenvalue weighted by Gasteiger charge is 2.40. The average Bonchev–Trinajstić information content (AvgIpc) is 3.51. The van der Waals surface area contributed by atoms with Crippen LogP contribution >= 0.6 is 0 Å². The predicted octanol–water partition coefficient (Wildman–Crippen LogP) is 3.59. The van der Waals surface area contributed by atoms with Crippen molar-refractivity contribution in [3.63, 3.8) is 0 Å². The summed E-state index contributed by atoms with van der Waals surface area (Å²) in [5.74, 6) is 1.69. The fourth-order valence-corrected chi connectivity index (χ4v) is 3.97. The minimum Gasteiger partial charge on any atom is -0.494 e. The molecule has 3 heterocycles. The van der Waals surface area contributed by atoms with Gasteiger partial charge in [0.1, 0.15) is 23.2 Å². The van der Waals surface area contributed by atoms with Crippen LogP contribution in [-0.4, -0.2) is 40.6 Å². The van der Waals surface area contributed by atoms with Gasteiger partial charge in [0.15, 0.2) is 5.60 Å². The third-order valence-electron chi connectivity index (χ3n) is 5.72. The number of benzene rings is 1. The molecule has 5 rings (SSSR count). The molecule has 1 aliphatic carbocycles. The van der Waals surface area contributed by atoms with Gasteiger partial charge in [-0.05, 0) is 26.7 Å². The molecule has 0 atom stereocenters. The molecule has 9 heteroatoms. The molecular weight excluding hydrogens is 396 g/mol. The number of carbonyl (C=O) groups is 1. The Morgan fingerprint density at radius 2 is 2.13 bits per heavy atom. The van der Waals surface area contributed by atoms with Gasteiger partial charge in [-0.25, -0.2) is 4.98 Å². The highest BCUT2D eigenvalue weighted by Crippen LogP contribution is 2.45. The van der Waals surface area contributed by atoms with Crippen molar-refractivity contribution in [2.24, 2.45) is 0 Å². The van der Waals surface area contributed by atoms with Gasteiger partial charge in [-0.1, -0.05) is 0 Å². The number of likely N-dealkylation sites (N-methyl/N-ethyl adjacent to an activating group) is 1. The van der Waals surface area contributed by atoms with Crippen LogP contribution in [-0.2, 0) is 4.79 Å². The van der Waals surface area contributed by atoms with Crippen molar-refractivity contribution in [1.29, 1.82) is 5.26 Å². The number of aromatic nitrogens is 3. The van der Waals surface area contributed by atoms with E-state index < -0.39 is 5.60 Å². The number of nitrogens with zero attached hydrogens (tertiary/aromatic N) is 4. The van der Waals surface area contributed by atoms with Crippen LogP contribution in [0.15, 0.2) is 18.3 Å². The van der Waals surface area contributed by atoms with Crippen LogP contribution in [0.3, 0.4) is 0 Å². The number of methoxy groups -OCH3 is 1. The summed E-state index contributed by atoms with van der Waals surface area (Å²) in [6.45, 7) is 3.48. The molecule has 0 bridgehead atoms. The van der Waals surface area contributed by atoms with Crippen molar-refractivity contribution >= 4 is 34.3 Å². The Bertz CT molecular complexity index is 1270. The maximum Gasteiger partial charge on any atom is 0.270 e. The van der Waals surface area contributed by atoms with Crippen molar-refractivity contribution in [1.82, 2.24) is 15.0 Å². The Labute approximate surface area is 179 Å². The molecule has 2 N–H and O–H groups in total. The van der Waals surface area contributed by atoms with E-state index in [0.717, 1.165) is 23.9 Å². The molecule has 0 saturated heterocycles. The lowest BCUT2D eigenvalue weighted by atomic mass is 10.0. The third kappa shape index (κ3) is 3.03. The van der Waals surface area contributed by atoms with Crippen molar-refractivity contribution in [3.05, 3.63) is 29.6 Å². The Morgan fingerprint density at radius 1 is 1.35 bits per heavy atom. The number of carbonyl (C=O) groups excluding carboxylic acids is 1. The number of rotatable bonds is 4. The van der Waals surface area contributed by atoms with Gasteiger partial charge in [0.2, 0.25) is 5.95 Å². The minimum atomic E-state index is -0.972. The summed E-state index contributed by atoms with van der Waals surface area (Å²) in [5.41, 5.74) is 2.33. The van der Waals surface area contributed by atoms with Crippen molar-refractivity contribution in [2.75, 3.05) is 24.4 Å². The molecular formula is C22H22N6O3. The summed E-state index contributed by atoms with van der Waals surface area (Å²) in [4.78, 5) is 26.5. The van der Waals surface area contributed by atoms with Gasteiger partial charge in [-0.15, -0.1) is 0 Å². The van der Waals surface area contributed by atoms with Gasteiger partial charge in [0.05, 0.1) is 35.1 Å². The highest BCUT2D eigenvalue weighted by atomic mass is 16.5. The molecule has 0 spiro atoms. The minimum absolute atomic E-state index is 0.134. The van der Waals surface area contributed by atoms with Crippen molar-refractivity contribution in [2.45, 2.75) is 38.2 Å². The molecule has 9 nitrogen and oxygen atoms in total. The van der Waals surface area contributed by atoms with E-state index in [4.69, 9.17) is 14.5 Å². The van der Waals surface area contributed by atoms with Crippen LogP contribution in [0.4, 0.5) is 17.3 Å². The quantitative estimate of drug-likeness (QED) is 0.665. The number of anilines is 3. The predicted molar refractivity (Wildman–Crippen MR) is 115 cm³/mol. The molecule has 2 aromatic heterocycles. The maximum atomic E-state index is 12.5. The number of H-pyrrole nitrogens is 1. The number of nitriles is 1. The normalized spacial score (nSPS) is 17.1. The smallest absolute Gasteiger partial charge is 0.270 e. The first-order valence-electron chi connectivity index (χ1n) is 10.1. The van der Waals surface area contributed by atoms with E-state index >= 15 is 0 Å². The van der Waals surface area contributed by atoms with E-state index in [2.05, 4.69) is 21.4 Å². The molecule has 1 aromatic carbocycles. The Morgan fingerprint density at radius 3 is 2.81 bits per heavy atom. The Balaban J connectivity index is 1.59. The molecule has 1 aliphatic heterocycles. The number of ether oxygens (including phenoxy) is 2. The Hall–Kier alpha value is -3.80. The molecule has 1 amide bonds. The molecule has 0 radical (unpaired) electrons. The van der Waals surface area contributed by atoms with Crippen molar-refractivity contribution in [3.8, 4) is 17.6 Å². The number of fused-ring (bicyclic) bond motifs is 2. The highest BCUT2D eigenvalue weighted by molar-refractivity contribution is 6.02. The van der Waals surface area contributed by atoms with Crippen LogP contribution in [0.1, 0.15) is 43.9 Å². The fourth-order valence-electron chi connectivity index (χ4n) is 3.97. The second kappa shape index (κ2) is 6.60. The van der Waals surface area contributed by atoms with E-state index in [9.17, 15) is 10.1 Å². The summed E-state index contributed by atoms with van der Waals surface area (Å²) < 4.78 is 11.5. The topological polar surface area (TPSA) is 116 Å². The standard InChI is InChI=1S/C22H22N6O3/c1-22(2)20(29)28(3)14-8-15(30-4)13(7-16(14)31-22)25-21-26-18(11-5-6-11)17-12(9-23)10-24-19(17)27-21/h7-8,10-11H,5-6H2,1-4H3,(H2,24,25,26,27). The zero-order valence-electron chi connectivity index (χ0n) is 17.7. The first-order chi connectivity index (χ1) is 14.8. The van der Waals surface area contributed by atoms with E-state index in [1.165, 1.54) is 0 Å². The molecule has 1 saturated carbocycles. The monoisotopic (exact) mass is 418 g/mol. The fraction of sp³-hybridized carbons (Fsp3) is 0.364. The molecule has 0 unspecified atom stereocenters. The zero-order valence-corrected chi connectivity index (χ0v) is 17.7. The van der Waals surface area contributed by atoms with Crippen LogP contribution in [0.5, 0.6) is 11.5 Å². The summed E-state index contributed by atoms with van der Waals surface area (Å²) in [5, 5.41) is 13.4. The number of aromatic amines is 1. The van der Waals surface area contributed by atoms with Crippen LogP contribution < -0.4 is 19.7 Å². The van der Waals surface area contributed by atoms with E-state index in [1.54, 1.807) is 51.2 Å². The van der Waals surface area contributed by atoms with Gasteiger partial charge >= 0.3 is 0 Å². The second-order valence-corrected chi connectivity index (χ2v) is 8.37. The maximum absolute atomic E-state index is 12.5. The Kier molecular flexibility index (Phi) is 4.09. The average molecular weight is 418 g/mol. The lowest BCUT2D eigenvalue weighted by molar-refractivity contribution is -0.132. The number of nitrogens with one attached hydrogen (secondary N) is 2. The molecule has 31 heavy (non-hydrogen) atoms. The molecule has 3 aromatic rings. The summed E-state index contributed by atoms with van der Waals surface area (Å²) in [6, 6.07) is 5.76. The van der Waals surface area contributed by atoms with E-state index in [-0.39, 0.29) is 5.91 Å². The van der Waals surface area contributed by atoms with Crippen LogP contribution in [0.25, 0.3) is 11.0 Å². The number of amides is 1. The number of hydrogen-bond acceptors (Lipinski definition) is 7. The van der Waals surface area contributed by atoms with Crippen LogP contribution in [0.2, 0.25) is 0 Å². The van der Waals surface area contributed by atoms with E-state index in [1.807, 2.05) is 0 Å². The number of hydrogen-bond donors (Lipinski definition) is 2. The summed E-state index contributed by atoms with van der Waals surface area (Å²) >= 11 is 0. The third-order valence-corrected chi connectivity index (χ3v) is 5.72. The van der Waals surface area contributed by atoms with Gasteiger partial charge in [-0.2, -0.15) is 10.2 Å². The van der Waals surface area contributed by atoms with Gasteiger partial charge in [0.25, 0.3) is 5.91 Å². The van der Waals surface area contributed by atoms with Crippen LogP contribution in [0, 0.1) is 11.3 Å². The summed E-state index contributed by atoms with van der Waals surface area (Å²) in [6.07, 6.45) is 3.76. The molecule has 1 fully saturated rings.